The molecule has 4 heteroatoms. The van der Waals surface area contributed by atoms with Crippen molar-refractivity contribution in [2.24, 2.45) is 0 Å². The zero-order chi connectivity index (χ0) is 13.9. The minimum atomic E-state index is 0. The van der Waals surface area contributed by atoms with Crippen molar-refractivity contribution in [2.45, 2.75) is 71.0 Å². The molecule has 0 rings (SSSR count). The average molecular weight is 294 g/mol. The predicted molar refractivity (Wildman–Crippen MR) is 88.3 cm³/mol. The van der Waals surface area contributed by atoms with Gasteiger partial charge in [-0.15, -0.1) is 0 Å². The molecule has 0 saturated carbocycles. The van der Waals surface area contributed by atoms with Gasteiger partial charge in [0.2, 0.25) is 5.91 Å². The van der Waals surface area contributed by atoms with Gasteiger partial charge in [0.1, 0.15) is 0 Å². The number of nitrogens with one attached hydrogen (secondary N) is 1. The maximum Gasteiger partial charge on any atom is 0.220 e. The number of rotatable bonds is 11. The maximum atomic E-state index is 11.5. The summed E-state index contributed by atoms with van der Waals surface area (Å²) < 4.78 is 0.195. The molecule has 0 bridgehead atoms. The minimum Gasteiger partial charge on any atom is -0.356 e. The Kier molecular flexibility index (Phi) is 11.1. The summed E-state index contributed by atoms with van der Waals surface area (Å²) in [5.41, 5.74) is 0. The molecule has 0 aliphatic rings. The van der Waals surface area contributed by atoms with Gasteiger partial charge in [0, 0.05) is 24.9 Å². The maximum absolute atomic E-state index is 11.5. The monoisotopic (exact) mass is 293 g/mol. The normalized spacial score (nSPS) is 11.6. The van der Waals surface area contributed by atoms with Crippen LogP contribution in [0.2, 0.25) is 0 Å². The van der Waals surface area contributed by atoms with Crippen molar-refractivity contribution < 1.29 is 6.22 Å². The minimum absolute atomic E-state index is 0. The van der Waals surface area contributed by atoms with Crippen molar-refractivity contribution in [2.75, 3.05) is 12.3 Å². The summed E-state index contributed by atoms with van der Waals surface area (Å²) in [6.45, 7) is 9.58. The lowest BCUT2D eigenvalue weighted by Crippen LogP contribution is -2.26. The van der Waals surface area contributed by atoms with Crippen molar-refractivity contribution in [1.29, 1.82) is 0 Å². The highest BCUT2D eigenvalue weighted by molar-refractivity contribution is 8.77. The van der Waals surface area contributed by atoms with E-state index in [0.29, 0.717) is 6.42 Å². The van der Waals surface area contributed by atoms with Crippen LogP contribution in [-0.4, -0.2) is 23.0 Å². The van der Waals surface area contributed by atoms with E-state index in [1.807, 2.05) is 21.6 Å². The fourth-order valence-corrected chi connectivity index (χ4v) is 4.14. The van der Waals surface area contributed by atoms with Crippen LogP contribution in [0.25, 0.3) is 0 Å². The van der Waals surface area contributed by atoms with Gasteiger partial charge in [-0.3, -0.25) is 4.79 Å². The standard InChI is InChI=1S/C14H29NOS2.H2/c1-5-7-8-12-17-18-14(3,4)10-9-13(16)15-11-6-2;/h5-12H2,1-4H3,(H,15,16);1H. The summed E-state index contributed by atoms with van der Waals surface area (Å²) in [6, 6.07) is 0. The summed E-state index contributed by atoms with van der Waals surface area (Å²) in [5.74, 6) is 1.42. The number of carbonyl (C=O) groups is 1. The molecule has 0 aromatic heterocycles. The van der Waals surface area contributed by atoms with E-state index in [4.69, 9.17) is 0 Å². The number of unbranched alkanes of at least 4 members (excludes halogenated alkanes) is 2. The third kappa shape index (κ3) is 11.3. The summed E-state index contributed by atoms with van der Waals surface area (Å²) in [6.07, 6.45) is 6.53. The molecule has 1 N–H and O–H groups in total. The number of amides is 1. The summed E-state index contributed by atoms with van der Waals surface area (Å²) in [4.78, 5) is 11.5. The fourth-order valence-electron chi connectivity index (χ4n) is 1.42. The van der Waals surface area contributed by atoms with Gasteiger partial charge in [0.05, 0.1) is 0 Å². The van der Waals surface area contributed by atoms with Crippen LogP contribution < -0.4 is 5.32 Å². The van der Waals surface area contributed by atoms with E-state index < -0.39 is 0 Å². The highest BCUT2D eigenvalue weighted by Gasteiger charge is 2.20. The Morgan fingerprint density at radius 1 is 1.22 bits per heavy atom. The number of carbonyl (C=O) groups excluding carboxylic acids is 1. The van der Waals surface area contributed by atoms with Crippen LogP contribution in [-0.2, 0) is 4.79 Å². The van der Waals surface area contributed by atoms with Crippen LogP contribution in [0.3, 0.4) is 0 Å². The molecule has 0 radical (unpaired) electrons. The topological polar surface area (TPSA) is 29.1 Å². The van der Waals surface area contributed by atoms with Crippen LogP contribution in [0, 0.1) is 0 Å². The van der Waals surface area contributed by atoms with Gasteiger partial charge in [0.15, 0.2) is 0 Å². The summed E-state index contributed by atoms with van der Waals surface area (Å²) in [7, 11) is 3.89. The second-order valence-electron chi connectivity index (χ2n) is 5.22. The predicted octanol–water partition coefficient (Wildman–Crippen LogP) is 4.89. The first-order valence-electron chi connectivity index (χ1n) is 7.09. The van der Waals surface area contributed by atoms with Crippen molar-refractivity contribution in [3.05, 3.63) is 0 Å². The highest BCUT2D eigenvalue weighted by Crippen LogP contribution is 2.39. The molecule has 0 unspecified atom stereocenters. The van der Waals surface area contributed by atoms with Gasteiger partial charge in [-0.05, 0) is 33.1 Å². The van der Waals surface area contributed by atoms with Crippen LogP contribution >= 0.6 is 21.6 Å². The lowest BCUT2D eigenvalue weighted by molar-refractivity contribution is -0.121. The molecule has 110 valence electrons. The van der Waals surface area contributed by atoms with Crippen LogP contribution in [0.5, 0.6) is 0 Å². The van der Waals surface area contributed by atoms with Crippen molar-refractivity contribution >= 4 is 27.5 Å². The van der Waals surface area contributed by atoms with E-state index in [-0.39, 0.29) is 12.1 Å². The van der Waals surface area contributed by atoms with E-state index >= 15 is 0 Å². The highest BCUT2D eigenvalue weighted by atomic mass is 33.1. The first kappa shape index (κ1) is 18.2. The van der Waals surface area contributed by atoms with Crippen LogP contribution in [0.15, 0.2) is 0 Å². The lowest BCUT2D eigenvalue weighted by Gasteiger charge is -2.22. The fraction of sp³-hybridized carbons (Fsp3) is 0.929. The quantitative estimate of drug-likeness (QED) is 0.434. The molecule has 0 aromatic rings. The molecule has 1 amide bonds. The van der Waals surface area contributed by atoms with Crippen LogP contribution in [0.1, 0.15) is 67.6 Å². The molecule has 0 aliphatic heterocycles. The van der Waals surface area contributed by atoms with E-state index in [0.717, 1.165) is 19.4 Å². The van der Waals surface area contributed by atoms with Gasteiger partial charge in [-0.25, -0.2) is 0 Å². The molecular formula is C14H31NOS2. The molecule has 18 heavy (non-hydrogen) atoms. The Morgan fingerprint density at radius 2 is 1.94 bits per heavy atom. The van der Waals surface area contributed by atoms with Crippen molar-refractivity contribution in [3.63, 3.8) is 0 Å². The average Bonchev–Trinajstić information content (AvgIpc) is 2.33. The first-order chi connectivity index (χ1) is 8.52. The summed E-state index contributed by atoms with van der Waals surface area (Å²) >= 11 is 0. The second kappa shape index (κ2) is 11.0. The first-order valence-corrected chi connectivity index (χ1v) is 9.41. The zero-order valence-electron chi connectivity index (χ0n) is 12.4. The molecule has 0 spiro atoms. The molecule has 0 atom stereocenters. The lowest BCUT2D eigenvalue weighted by atomic mass is 10.1. The van der Waals surface area contributed by atoms with Gasteiger partial charge in [-0.1, -0.05) is 48.3 Å². The van der Waals surface area contributed by atoms with Gasteiger partial charge < -0.3 is 5.32 Å². The van der Waals surface area contributed by atoms with Gasteiger partial charge in [0.25, 0.3) is 0 Å². The van der Waals surface area contributed by atoms with Crippen molar-refractivity contribution in [1.82, 2.24) is 5.32 Å². The Balaban J connectivity index is 0. The molecule has 0 aromatic carbocycles. The molecule has 0 heterocycles. The Morgan fingerprint density at radius 3 is 2.56 bits per heavy atom. The number of hydrogen-bond donors (Lipinski definition) is 1. The van der Waals surface area contributed by atoms with Crippen molar-refractivity contribution in [3.8, 4) is 0 Å². The Labute approximate surface area is 122 Å². The van der Waals surface area contributed by atoms with Gasteiger partial charge >= 0.3 is 0 Å². The zero-order valence-corrected chi connectivity index (χ0v) is 14.0. The molecule has 0 aliphatic carbocycles. The second-order valence-corrected chi connectivity index (χ2v) is 8.34. The Bertz CT molecular complexity index is 225. The molecule has 0 fully saturated rings. The Hall–Kier alpha value is 0.170. The van der Waals surface area contributed by atoms with Crippen LogP contribution in [0.4, 0.5) is 0 Å². The smallest absolute Gasteiger partial charge is 0.220 e. The largest absolute Gasteiger partial charge is 0.356 e. The third-order valence-electron chi connectivity index (χ3n) is 2.64. The van der Waals surface area contributed by atoms with E-state index in [1.54, 1.807) is 0 Å². The van der Waals surface area contributed by atoms with E-state index in [9.17, 15) is 4.79 Å². The van der Waals surface area contributed by atoms with E-state index in [1.165, 1.54) is 25.0 Å². The molecule has 2 nitrogen and oxygen atoms in total. The summed E-state index contributed by atoms with van der Waals surface area (Å²) in [5, 5.41) is 2.93. The molecule has 0 saturated heterocycles. The SMILES string of the molecule is CCCCCSSC(C)(C)CCC(=O)NCCC.[HH]. The van der Waals surface area contributed by atoms with E-state index in [2.05, 4.69) is 33.0 Å². The van der Waals surface area contributed by atoms with Gasteiger partial charge in [-0.2, -0.15) is 0 Å². The number of hydrogen-bond acceptors (Lipinski definition) is 3. The third-order valence-corrected chi connectivity index (χ3v) is 6.08. The molecular weight excluding hydrogens is 262 g/mol.